The molecule has 3 rings (SSSR count). The lowest BCUT2D eigenvalue weighted by atomic mass is 9.93. The van der Waals surface area contributed by atoms with E-state index in [4.69, 9.17) is 14.6 Å². The number of aliphatic hydroxyl groups is 1. The summed E-state index contributed by atoms with van der Waals surface area (Å²) in [7, 11) is 0. The number of hydrogen-bond donors (Lipinski definition) is 2. The molecule has 0 radical (unpaired) electrons. The number of carbonyl (C=O) groups is 2. The SMILES string of the molecule is C=C/C=C\C=CCCC(CC(=O)OCC)N1CCC2=CCC(Oc3cccc(NCCCO)c3[N+](=O)[O-])=CC=C2C1=O. The van der Waals surface area contributed by atoms with Crippen LogP contribution in [-0.2, 0) is 14.3 Å². The van der Waals surface area contributed by atoms with Crippen molar-refractivity contribution >= 4 is 23.3 Å². The smallest absolute Gasteiger partial charge is 0.334 e. The van der Waals surface area contributed by atoms with Gasteiger partial charge in [-0.05, 0) is 62.5 Å². The number of carbonyl (C=O) groups excluding carboxylic acids is 2. The Hall–Kier alpha value is -4.44. The third-order valence-electron chi connectivity index (χ3n) is 6.83. The van der Waals surface area contributed by atoms with E-state index >= 15 is 0 Å². The highest BCUT2D eigenvalue weighted by molar-refractivity contribution is 5.99. The average molecular weight is 578 g/mol. The number of allylic oxidation sites excluding steroid dienone is 8. The Morgan fingerprint density at radius 2 is 2.12 bits per heavy atom. The molecule has 1 amide bonds. The molecule has 10 nitrogen and oxygen atoms in total. The first kappa shape index (κ1) is 32.1. The van der Waals surface area contributed by atoms with Crippen LogP contribution in [-0.4, -0.2) is 59.2 Å². The lowest BCUT2D eigenvalue weighted by Gasteiger charge is -2.36. The van der Waals surface area contributed by atoms with Crippen LogP contribution in [0.2, 0.25) is 0 Å². The van der Waals surface area contributed by atoms with Crippen LogP contribution in [0.5, 0.6) is 5.75 Å². The maximum atomic E-state index is 13.7. The van der Waals surface area contributed by atoms with Crippen LogP contribution in [0.15, 0.2) is 90.3 Å². The van der Waals surface area contributed by atoms with Crippen molar-refractivity contribution in [1.82, 2.24) is 4.90 Å². The van der Waals surface area contributed by atoms with Crippen molar-refractivity contribution < 1.29 is 29.1 Å². The second kappa shape index (κ2) is 16.7. The first-order chi connectivity index (χ1) is 20.4. The maximum absolute atomic E-state index is 13.7. The molecule has 0 bridgehead atoms. The van der Waals surface area contributed by atoms with E-state index in [9.17, 15) is 19.7 Å². The molecule has 0 spiro atoms. The second-order valence-electron chi connectivity index (χ2n) is 9.70. The molecule has 1 heterocycles. The third kappa shape index (κ3) is 9.04. The predicted molar refractivity (Wildman–Crippen MR) is 162 cm³/mol. The molecule has 1 aliphatic heterocycles. The van der Waals surface area contributed by atoms with Crippen LogP contribution >= 0.6 is 0 Å². The molecule has 224 valence electrons. The molecule has 1 unspecified atom stereocenters. The minimum atomic E-state index is -0.499. The van der Waals surface area contributed by atoms with Gasteiger partial charge in [-0.2, -0.15) is 0 Å². The molecule has 1 aromatic rings. The number of nitro groups is 1. The molecule has 42 heavy (non-hydrogen) atoms. The highest BCUT2D eigenvalue weighted by atomic mass is 16.6. The fourth-order valence-electron chi connectivity index (χ4n) is 4.82. The molecule has 1 atom stereocenters. The number of amides is 1. The Morgan fingerprint density at radius 1 is 1.29 bits per heavy atom. The summed E-state index contributed by atoms with van der Waals surface area (Å²) in [4.78, 5) is 39.2. The highest BCUT2D eigenvalue weighted by Gasteiger charge is 2.33. The van der Waals surface area contributed by atoms with E-state index in [1.165, 1.54) is 6.07 Å². The number of fused-ring (bicyclic) bond motifs is 1. The minimum absolute atomic E-state index is 0.0301. The lowest BCUT2D eigenvalue weighted by Crippen LogP contribution is -2.46. The third-order valence-corrected chi connectivity index (χ3v) is 6.83. The molecule has 1 saturated heterocycles. The number of benzene rings is 1. The topological polar surface area (TPSA) is 131 Å². The molecule has 0 aromatic heterocycles. The summed E-state index contributed by atoms with van der Waals surface area (Å²) in [5, 5.41) is 23.9. The first-order valence-corrected chi connectivity index (χ1v) is 14.2. The van der Waals surface area contributed by atoms with E-state index in [0.717, 1.165) is 5.57 Å². The van der Waals surface area contributed by atoms with E-state index in [0.29, 0.717) is 62.2 Å². The zero-order valence-electron chi connectivity index (χ0n) is 24.0. The number of para-hydroxylation sites is 1. The van der Waals surface area contributed by atoms with Crippen molar-refractivity contribution in [2.45, 2.75) is 51.5 Å². The number of rotatable bonds is 16. The zero-order chi connectivity index (χ0) is 30.3. The van der Waals surface area contributed by atoms with Gasteiger partial charge in [-0.25, -0.2) is 0 Å². The number of nitrogens with one attached hydrogen (secondary N) is 1. The summed E-state index contributed by atoms with van der Waals surface area (Å²) in [6.07, 6.45) is 17.4. The molecular formula is C32H39N3O7. The van der Waals surface area contributed by atoms with Crippen LogP contribution in [0, 0.1) is 10.1 Å². The monoisotopic (exact) mass is 577 g/mol. The van der Waals surface area contributed by atoms with Gasteiger partial charge < -0.3 is 24.8 Å². The summed E-state index contributed by atoms with van der Waals surface area (Å²) >= 11 is 0. The van der Waals surface area contributed by atoms with Gasteiger partial charge in [0.1, 0.15) is 11.4 Å². The molecule has 1 fully saturated rings. The van der Waals surface area contributed by atoms with Crippen LogP contribution in [0.3, 0.4) is 0 Å². The number of esters is 1. The van der Waals surface area contributed by atoms with Crippen molar-refractivity contribution in [3.8, 4) is 5.75 Å². The van der Waals surface area contributed by atoms with Gasteiger partial charge in [0, 0.05) is 37.7 Å². The quantitative estimate of drug-likeness (QED) is 0.0861. The summed E-state index contributed by atoms with van der Waals surface area (Å²) in [5.74, 6) is 0.0312. The standard InChI is InChI=1S/C32H39N3O7/c1-3-5-6-7-8-9-12-25(23-30(37)41-4-2)34-21-19-24-15-16-26(17-18-27(24)32(34)38)42-29-14-10-13-28(31(29)35(39)40)33-20-11-22-36/h3,5-8,10,13-15,17-18,25,33,36H,1,4,9,11-12,16,19-23H2,2H3/b6-5-,8-7?. The van der Waals surface area contributed by atoms with E-state index in [2.05, 4.69) is 11.9 Å². The van der Waals surface area contributed by atoms with Gasteiger partial charge in [0.05, 0.1) is 18.0 Å². The summed E-state index contributed by atoms with van der Waals surface area (Å²) in [5.41, 5.74) is 1.50. The van der Waals surface area contributed by atoms with Crippen molar-refractivity contribution in [3.05, 3.63) is 100 Å². The van der Waals surface area contributed by atoms with Crippen LogP contribution in [0.1, 0.15) is 45.4 Å². The Balaban J connectivity index is 1.80. The fourth-order valence-corrected chi connectivity index (χ4v) is 4.82. The lowest BCUT2D eigenvalue weighted by molar-refractivity contribution is -0.384. The fraction of sp³-hybridized carbons (Fsp3) is 0.375. The zero-order valence-corrected chi connectivity index (χ0v) is 24.0. The Kier molecular flexibility index (Phi) is 12.8. The van der Waals surface area contributed by atoms with Gasteiger partial charge in [0.15, 0.2) is 0 Å². The molecule has 0 saturated carbocycles. The number of ether oxygens (including phenoxy) is 2. The Bertz CT molecular complexity index is 1290. The number of nitrogens with zero attached hydrogens (tertiary/aromatic N) is 2. The molecule has 1 aromatic carbocycles. The van der Waals surface area contributed by atoms with Crippen molar-refractivity contribution in [2.24, 2.45) is 0 Å². The van der Waals surface area contributed by atoms with Gasteiger partial charge in [0.25, 0.3) is 5.91 Å². The molecule has 2 aliphatic rings. The van der Waals surface area contributed by atoms with E-state index < -0.39 is 4.92 Å². The minimum Gasteiger partial charge on any atom is -0.466 e. The molecular weight excluding hydrogens is 538 g/mol. The number of likely N-dealkylation sites (tertiary alicyclic amines) is 1. The van der Waals surface area contributed by atoms with Crippen molar-refractivity contribution in [3.63, 3.8) is 0 Å². The molecule has 2 N–H and O–H groups in total. The van der Waals surface area contributed by atoms with Crippen molar-refractivity contribution in [2.75, 3.05) is 31.6 Å². The van der Waals surface area contributed by atoms with Gasteiger partial charge in [-0.15, -0.1) is 0 Å². The number of aliphatic hydroxyl groups excluding tert-OH is 1. The Labute approximate surface area is 246 Å². The number of anilines is 1. The van der Waals surface area contributed by atoms with Crippen LogP contribution in [0.4, 0.5) is 11.4 Å². The summed E-state index contributed by atoms with van der Waals surface area (Å²) < 4.78 is 11.2. The number of piperidine rings is 1. The van der Waals surface area contributed by atoms with Gasteiger partial charge >= 0.3 is 11.7 Å². The highest BCUT2D eigenvalue weighted by Crippen LogP contribution is 2.37. The summed E-state index contributed by atoms with van der Waals surface area (Å²) in [6.45, 7) is 6.49. The second-order valence-corrected chi connectivity index (χ2v) is 9.70. The van der Waals surface area contributed by atoms with Crippen molar-refractivity contribution in [1.29, 1.82) is 0 Å². The Morgan fingerprint density at radius 3 is 2.86 bits per heavy atom. The molecule has 10 heteroatoms. The van der Waals surface area contributed by atoms with E-state index in [1.807, 2.05) is 30.4 Å². The van der Waals surface area contributed by atoms with Gasteiger partial charge in [-0.1, -0.05) is 49.1 Å². The predicted octanol–water partition coefficient (Wildman–Crippen LogP) is 5.54. The summed E-state index contributed by atoms with van der Waals surface area (Å²) in [6, 6.07) is 4.46. The van der Waals surface area contributed by atoms with E-state index in [-0.39, 0.29) is 49.0 Å². The first-order valence-electron chi connectivity index (χ1n) is 14.2. The van der Waals surface area contributed by atoms with Crippen LogP contribution in [0.25, 0.3) is 0 Å². The van der Waals surface area contributed by atoms with E-state index in [1.54, 1.807) is 42.2 Å². The van der Waals surface area contributed by atoms with Gasteiger partial charge in [0.2, 0.25) is 5.75 Å². The normalized spacial score (nSPS) is 15.8. The largest absolute Gasteiger partial charge is 0.466 e. The average Bonchev–Trinajstić information content (AvgIpc) is 3.17. The maximum Gasteiger partial charge on any atom is 0.334 e. The number of hydrogen-bond acceptors (Lipinski definition) is 8. The molecule has 1 aliphatic carbocycles. The number of nitro benzene ring substituents is 1. The van der Waals surface area contributed by atoms with Gasteiger partial charge in [-0.3, -0.25) is 19.7 Å². The van der Waals surface area contributed by atoms with Crippen LogP contribution < -0.4 is 10.1 Å².